The first-order valence-electron chi connectivity index (χ1n) is 17.7. The summed E-state index contributed by atoms with van der Waals surface area (Å²) in [5.74, 6) is 0.863. The highest BCUT2D eigenvalue weighted by molar-refractivity contribution is 6.02. The van der Waals surface area contributed by atoms with Gasteiger partial charge in [-0.25, -0.2) is 0 Å². The molecule has 1 aromatic heterocycles. The summed E-state index contributed by atoms with van der Waals surface area (Å²) >= 11 is 0. The summed E-state index contributed by atoms with van der Waals surface area (Å²) in [6.45, 7) is 0. The summed E-state index contributed by atoms with van der Waals surface area (Å²) in [6, 6.07) is 75.1. The minimum atomic E-state index is 0.863. The third-order valence-electron chi connectivity index (χ3n) is 9.69. The van der Waals surface area contributed by atoms with Crippen LogP contribution in [0.25, 0.3) is 66.8 Å². The number of hydrogen-bond acceptors (Lipinski definition) is 2. The van der Waals surface area contributed by atoms with E-state index in [1.807, 2.05) is 12.1 Å². The van der Waals surface area contributed by atoms with Gasteiger partial charge in [-0.3, -0.25) is 0 Å². The number of hydrogen-bond donors (Lipinski definition) is 0. The zero-order valence-corrected chi connectivity index (χ0v) is 28.6. The van der Waals surface area contributed by atoms with E-state index in [-0.39, 0.29) is 0 Å². The van der Waals surface area contributed by atoms with Crippen LogP contribution in [-0.2, 0) is 0 Å². The summed E-state index contributed by atoms with van der Waals surface area (Å²) in [7, 11) is 0. The third kappa shape index (κ3) is 6.08. The average molecular weight is 666 g/mol. The van der Waals surface area contributed by atoms with E-state index in [4.69, 9.17) is 4.42 Å². The Morgan fingerprint density at radius 3 is 1.31 bits per heavy atom. The van der Waals surface area contributed by atoms with Gasteiger partial charge in [0.2, 0.25) is 0 Å². The molecule has 2 heteroatoms. The molecule has 0 N–H and O–H groups in total. The molecule has 1 heterocycles. The maximum atomic E-state index is 6.65. The van der Waals surface area contributed by atoms with E-state index in [1.165, 1.54) is 27.8 Å². The van der Waals surface area contributed by atoms with Crippen molar-refractivity contribution in [3.05, 3.63) is 212 Å². The normalized spacial score (nSPS) is 11.1. The maximum absolute atomic E-state index is 6.65. The summed E-state index contributed by atoms with van der Waals surface area (Å²) in [5, 5.41) is 1.11. The van der Waals surface area contributed by atoms with Crippen molar-refractivity contribution in [2.75, 3.05) is 4.90 Å². The summed E-state index contributed by atoms with van der Waals surface area (Å²) in [6.07, 6.45) is 0. The molecule has 0 aliphatic rings. The molecule has 8 aromatic carbocycles. The van der Waals surface area contributed by atoms with Crippen LogP contribution in [0.3, 0.4) is 0 Å². The number of anilines is 3. The summed E-state index contributed by atoms with van der Waals surface area (Å²) in [4.78, 5) is 2.34. The Kier molecular flexibility index (Phi) is 8.24. The molecular formula is C50H35NO. The molecule has 0 saturated heterocycles. The number of rotatable bonds is 8. The minimum absolute atomic E-state index is 0.863. The lowest BCUT2D eigenvalue weighted by Crippen LogP contribution is -2.10. The van der Waals surface area contributed by atoms with Crippen LogP contribution in [0.2, 0.25) is 0 Å². The van der Waals surface area contributed by atoms with Gasteiger partial charge in [-0.1, -0.05) is 170 Å². The van der Waals surface area contributed by atoms with E-state index in [2.05, 4.69) is 205 Å². The van der Waals surface area contributed by atoms with Gasteiger partial charge in [0.1, 0.15) is 11.3 Å². The Labute approximate surface area is 304 Å². The number of furan rings is 1. The predicted octanol–water partition coefficient (Wildman–Crippen LogP) is 14.2. The van der Waals surface area contributed by atoms with Gasteiger partial charge in [0, 0.05) is 33.6 Å². The third-order valence-corrected chi connectivity index (χ3v) is 9.69. The van der Waals surface area contributed by atoms with Crippen molar-refractivity contribution in [1.82, 2.24) is 0 Å². The summed E-state index contributed by atoms with van der Waals surface area (Å²) in [5.41, 5.74) is 14.5. The molecule has 0 unspecified atom stereocenters. The highest BCUT2D eigenvalue weighted by atomic mass is 16.3. The average Bonchev–Trinajstić information content (AvgIpc) is 3.63. The monoisotopic (exact) mass is 665 g/mol. The van der Waals surface area contributed by atoms with Crippen LogP contribution in [0.1, 0.15) is 0 Å². The number of para-hydroxylation sites is 1. The molecule has 0 amide bonds. The molecule has 52 heavy (non-hydrogen) atoms. The van der Waals surface area contributed by atoms with E-state index in [0.29, 0.717) is 0 Å². The first kappa shape index (κ1) is 31.1. The Morgan fingerprint density at radius 1 is 0.288 bits per heavy atom. The zero-order valence-electron chi connectivity index (χ0n) is 28.6. The van der Waals surface area contributed by atoms with Crippen LogP contribution < -0.4 is 4.90 Å². The molecule has 0 saturated carbocycles. The van der Waals surface area contributed by atoms with E-state index in [1.54, 1.807) is 0 Å². The van der Waals surface area contributed by atoms with Crippen molar-refractivity contribution in [2.45, 2.75) is 0 Å². The van der Waals surface area contributed by atoms with Gasteiger partial charge < -0.3 is 9.32 Å². The zero-order chi connectivity index (χ0) is 34.7. The second-order valence-corrected chi connectivity index (χ2v) is 13.0. The van der Waals surface area contributed by atoms with Crippen LogP contribution in [0.4, 0.5) is 17.1 Å². The van der Waals surface area contributed by atoms with E-state index in [0.717, 1.165) is 56.0 Å². The van der Waals surface area contributed by atoms with Crippen LogP contribution in [0, 0.1) is 0 Å². The van der Waals surface area contributed by atoms with Gasteiger partial charge in [-0.15, -0.1) is 0 Å². The van der Waals surface area contributed by atoms with Crippen LogP contribution in [-0.4, -0.2) is 0 Å². The lowest BCUT2D eigenvalue weighted by atomic mass is 9.98. The van der Waals surface area contributed by atoms with Gasteiger partial charge in [0.25, 0.3) is 0 Å². The van der Waals surface area contributed by atoms with Crippen molar-refractivity contribution in [3.8, 4) is 55.8 Å². The SMILES string of the molecule is c1ccc(-c2ccc(-c3ccc(N(c4cccc(-c5ccccc5)c4)c4cccc(-c5oc6ccccc6c5-c5ccccc5)c4)cc3)cc2)cc1. The van der Waals surface area contributed by atoms with Gasteiger partial charge in [0.05, 0.1) is 0 Å². The van der Waals surface area contributed by atoms with Crippen LogP contribution in [0.15, 0.2) is 217 Å². The van der Waals surface area contributed by atoms with E-state index in [9.17, 15) is 0 Å². The predicted molar refractivity (Wildman–Crippen MR) is 218 cm³/mol. The lowest BCUT2D eigenvalue weighted by Gasteiger charge is -2.26. The molecule has 0 spiro atoms. The molecule has 0 bridgehead atoms. The number of fused-ring (bicyclic) bond motifs is 1. The molecular weight excluding hydrogens is 631 g/mol. The highest BCUT2D eigenvalue weighted by Gasteiger charge is 2.20. The first-order valence-corrected chi connectivity index (χ1v) is 17.7. The smallest absolute Gasteiger partial charge is 0.143 e. The highest BCUT2D eigenvalue weighted by Crippen LogP contribution is 2.44. The quantitative estimate of drug-likeness (QED) is 0.161. The molecule has 246 valence electrons. The van der Waals surface area contributed by atoms with Crippen molar-refractivity contribution < 1.29 is 4.42 Å². The fourth-order valence-corrected chi connectivity index (χ4v) is 7.12. The fourth-order valence-electron chi connectivity index (χ4n) is 7.12. The van der Waals surface area contributed by atoms with Gasteiger partial charge in [-0.05, 0) is 81.4 Å². The number of benzene rings is 8. The lowest BCUT2D eigenvalue weighted by molar-refractivity contribution is 0.632. The van der Waals surface area contributed by atoms with Gasteiger partial charge >= 0.3 is 0 Å². The van der Waals surface area contributed by atoms with E-state index < -0.39 is 0 Å². The molecule has 9 rings (SSSR count). The van der Waals surface area contributed by atoms with Crippen molar-refractivity contribution in [2.24, 2.45) is 0 Å². The van der Waals surface area contributed by atoms with Crippen molar-refractivity contribution >= 4 is 28.0 Å². The van der Waals surface area contributed by atoms with E-state index >= 15 is 0 Å². The van der Waals surface area contributed by atoms with Crippen LogP contribution in [0.5, 0.6) is 0 Å². The largest absolute Gasteiger partial charge is 0.455 e. The molecule has 0 fully saturated rings. The molecule has 0 aliphatic heterocycles. The molecule has 0 aliphatic carbocycles. The van der Waals surface area contributed by atoms with Crippen LogP contribution >= 0.6 is 0 Å². The Morgan fingerprint density at radius 2 is 0.712 bits per heavy atom. The molecule has 9 aromatic rings. The second-order valence-electron chi connectivity index (χ2n) is 13.0. The van der Waals surface area contributed by atoms with Gasteiger partial charge in [0.15, 0.2) is 0 Å². The summed E-state index contributed by atoms with van der Waals surface area (Å²) < 4.78 is 6.65. The number of nitrogens with zero attached hydrogens (tertiary/aromatic N) is 1. The van der Waals surface area contributed by atoms with Crippen molar-refractivity contribution in [3.63, 3.8) is 0 Å². The second kappa shape index (κ2) is 13.8. The standard InChI is InChI=1S/C50H35NO/c1-4-14-36(15-5-1)38-26-28-39(29-27-38)40-30-32-44(33-31-40)51(45-22-12-20-42(34-45)37-16-6-2-7-17-37)46-23-13-21-43(35-46)50-49(41-18-8-3-9-19-41)47-24-10-11-25-48(47)52-50/h1-35H. The Bertz CT molecular complexity index is 2590. The molecule has 0 atom stereocenters. The van der Waals surface area contributed by atoms with Crippen molar-refractivity contribution in [1.29, 1.82) is 0 Å². The molecule has 0 radical (unpaired) electrons. The van der Waals surface area contributed by atoms with Gasteiger partial charge in [-0.2, -0.15) is 0 Å². The minimum Gasteiger partial charge on any atom is -0.455 e. The Balaban J connectivity index is 1.14. The fraction of sp³-hybridized carbons (Fsp3) is 0. The topological polar surface area (TPSA) is 16.4 Å². The first-order chi connectivity index (χ1) is 25.8. The maximum Gasteiger partial charge on any atom is 0.143 e. The molecule has 2 nitrogen and oxygen atoms in total. The Hall–Kier alpha value is -6.90.